The SMILES string of the molecule is CCCCNc1c(F)c(F)c(C(F)(F)F)c(F)c1F. The second-order valence-corrected chi connectivity index (χ2v) is 3.78. The van der Waals surface area contributed by atoms with Crippen molar-refractivity contribution in [2.45, 2.75) is 25.9 Å². The number of halogens is 7. The van der Waals surface area contributed by atoms with Crippen molar-refractivity contribution in [2.24, 2.45) is 0 Å². The molecule has 108 valence electrons. The van der Waals surface area contributed by atoms with Crippen molar-refractivity contribution in [1.82, 2.24) is 0 Å². The number of anilines is 1. The summed E-state index contributed by atoms with van der Waals surface area (Å²) in [6, 6.07) is 0. The lowest BCUT2D eigenvalue weighted by atomic mass is 10.1. The van der Waals surface area contributed by atoms with Crippen LogP contribution in [0.3, 0.4) is 0 Å². The summed E-state index contributed by atoms with van der Waals surface area (Å²) in [7, 11) is 0. The van der Waals surface area contributed by atoms with E-state index >= 15 is 0 Å². The molecule has 1 aromatic carbocycles. The highest BCUT2D eigenvalue weighted by Crippen LogP contribution is 2.38. The molecule has 0 aliphatic rings. The Morgan fingerprint density at radius 3 is 1.74 bits per heavy atom. The van der Waals surface area contributed by atoms with E-state index in [2.05, 4.69) is 0 Å². The van der Waals surface area contributed by atoms with Crippen molar-refractivity contribution in [2.75, 3.05) is 11.9 Å². The van der Waals surface area contributed by atoms with E-state index in [1.54, 1.807) is 6.92 Å². The Morgan fingerprint density at radius 2 is 1.37 bits per heavy atom. The zero-order valence-electron chi connectivity index (χ0n) is 9.77. The molecule has 0 spiro atoms. The molecule has 0 aliphatic heterocycles. The molecule has 19 heavy (non-hydrogen) atoms. The maximum atomic E-state index is 13.3. The third-order valence-corrected chi connectivity index (χ3v) is 2.38. The number of rotatable bonds is 4. The van der Waals surface area contributed by atoms with E-state index in [9.17, 15) is 30.7 Å². The van der Waals surface area contributed by atoms with E-state index in [4.69, 9.17) is 0 Å². The highest BCUT2D eigenvalue weighted by Gasteiger charge is 2.42. The minimum absolute atomic E-state index is 0.0193. The van der Waals surface area contributed by atoms with E-state index in [1.807, 2.05) is 5.32 Å². The first-order valence-corrected chi connectivity index (χ1v) is 5.38. The Morgan fingerprint density at radius 1 is 0.895 bits per heavy atom. The topological polar surface area (TPSA) is 12.0 Å². The van der Waals surface area contributed by atoms with E-state index in [0.29, 0.717) is 12.8 Å². The smallest absolute Gasteiger partial charge is 0.380 e. The lowest BCUT2D eigenvalue weighted by molar-refractivity contribution is -0.143. The molecule has 8 heteroatoms. The summed E-state index contributed by atoms with van der Waals surface area (Å²) in [4.78, 5) is 0. The fourth-order valence-electron chi connectivity index (χ4n) is 1.43. The second kappa shape index (κ2) is 5.66. The number of hydrogen-bond acceptors (Lipinski definition) is 1. The Kier molecular flexibility index (Phi) is 4.65. The first-order chi connectivity index (χ1) is 8.71. The summed E-state index contributed by atoms with van der Waals surface area (Å²) in [5.74, 6) is -9.07. The Hall–Kier alpha value is -1.47. The van der Waals surface area contributed by atoms with Crippen LogP contribution >= 0.6 is 0 Å². The monoisotopic (exact) mass is 289 g/mol. The van der Waals surface area contributed by atoms with Gasteiger partial charge >= 0.3 is 6.18 Å². The summed E-state index contributed by atoms with van der Waals surface area (Å²) in [5, 5.41) is 2.05. The lowest BCUT2D eigenvalue weighted by Gasteiger charge is -2.14. The molecule has 0 heterocycles. The van der Waals surface area contributed by atoms with Crippen LogP contribution in [-0.4, -0.2) is 6.54 Å². The standard InChI is InChI=1S/C11H10F7N/c1-2-3-4-19-10-8(14)6(12)5(11(16,17)18)7(13)9(10)15/h19H,2-4H2,1H3. The molecule has 1 rings (SSSR count). The molecule has 0 aromatic heterocycles. The maximum absolute atomic E-state index is 13.3. The van der Waals surface area contributed by atoms with Gasteiger partial charge < -0.3 is 5.32 Å². The number of benzene rings is 1. The molecule has 0 saturated carbocycles. The molecule has 0 amide bonds. The highest BCUT2D eigenvalue weighted by molar-refractivity contribution is 5.50. The minimum atomic E-state index is -5.52. The van der Waals surface area contributed by atoms with Gasteiger partial charge in [-0.05, 0) is 6.42 Å². The summed E-state index contributed by atoms with van der Waals surface area (Å²) in [6.45, 7) is 1.73. The molecule has 1 N–H and O–H groups in total. The molecule has 0 atom stereocenters. The van der Waals surface area contributed by atoms with Crippen LogP contribution in [0.1, 0.15) is 25.3 Å². The van der Waals surface area contributed by atoms with Gasteiger partial charge in [0.2, 0.25) is 0 Å². The zero-order chi connectivity index (χ0) is 14.8. The first kappa shape index (κ1) is 15.6. The van der Waals surface area contributed by atoms with Gasteiger partial charge in [-0.25, -0.2) is 17.6 Å². The van der Waals surface area contributed by atoms with Crippen LogP contribution in [0.4, 0.5) is 36.4 Å². The predicted molar refractivity (Wildman–Crippen MR) is 54.7 cm³/mol. The van der Waals surface area contributed by atoms with Crippen molar-refractivity contribution in [3.8, 4) is 0 Å². The van der Waals surface area contributed by atoms with E-state index in [1.165, 1.54) is 0 Å². The first-order valence-electron chi connectivity index (χ1n) is 5.38. The lowest BCUT2D eigenvalue weighted by Crippen LogP contribution is -2.17. The second-order valence-electron chi connectivity index (χ2n) is 3.78. The van der Waals surface area contributed by atoms with E-state index in [0.717, 1.165) is 0 Å². The normalized spacial score (nSPS) is 11.8. The largest absolute Gasteiger partial charge is 0.422 e. The summed E-state index contributed by atoms with van der Waals surface area (Å²) < 4.78 is 89.8. The molecular weight excluding hydrogens is 279 g/mol. The molecule has 0 radical (unpaired) electrons. The number of hydrogen-bond donors (Lipinski definition) is 1. The highest BCUT2D eigenvalue weighted by atomic mass is 19.4. The third-order valence-electron chi connectivity index (χ3n) is 2.38. The fourth-order valence-corrected chi connectivity index (χ4v) is 1.43. The van der Waals surface area contributed by atoms with Gasteiger partial charge in [-0.2, -0.15) is 13.2 Å². The average Bonchev–Trinajstić information content (AvgIpc) is 2.29. The van der Waals surface area contributed by atoms with Gasteiger partial charge in [0.25, 0.3) is 0 Å². The van der Waals surface area contributed by atoms with Gasteiger partial charge in [0.1, 0.15) is 11.3 Å². The summed E-state index contributed by atoms with van der Waals surface area (Å²) in [6.07, 6.45) is -4.46. The molecule has 0 saturated heterocycles. The van der Waals surface area contributed by atoms with Crippen LogP contribution in [0.15, 0.2) is 0 Å². The average molecular weight is 289 g/mol. The number of alkyl halides is 3. The van der Waals surface area contributed by atoms with Gasteiger partial charge in [0, 0.05) is 6.54 Å². The van der Waals surface area contributed by atoms with Gasteiger partial charge in [-0.3, -0.25) is 0 Å². The zero-order valence-corrected chi connectivity index (χ0v) is 9.77. The fraction of sp³-hybridized carbons (Fsp3) is 0.455. The van der Waals surface area contributed by atoms with Gasteiger partial charge in [-0.15, -0.1) is 0 Å². The van der Waals surface area contributed by atoms with Crippen LogP contribution in [0, 0.1) is 23.3 Å². The van der Waals surface area contributed by atoms with Crippen LogP contribution < -0.4 is 5.32 Å². The van der Waals surface area contributed by atoms with Gasteiger partial charge in [-0.1, -0.05) is 13.3 Å². The van der Waals surface area contributed by atoms with Crippen LogP contribution in [0.25, 0.3) is 0 Å². The quantitative estimate of drug-likeness (QED) is 0.490. The number of unbranched alkanes of at least 4 members (excludes halogenated alkanes) is 1. The molecular formula is C11H10F7N. The Balaban J connectivity index is 3.31. The molecule has 0 unspecified atom stereocenters. The van der Waals surface area contributed by atoms with Crippen molar-refractivity contribution in [3.63, 3.8) is 0 Å². The number of nitrogens with one attached hydrogen (secondary N) is 1. The van der Waals surface area contributed by atoms with Gasteiger partial charge in [0.05, 0.1) is 0 Å². The van der Waals surface area contributed by atoms with Crippen molar-refractivity contribution in [1.29, 1.82) is 0 Å². The Labute approximate surface area is 104 Å². The van der Waals surface area contributed by atoms with Crippen molar-refractivity contribution < 1.29 is 30.7 Å². The van der Waals surface area contributed by atoms with E-state index < -0.39 is 40.7 Å². The summed E-state index contributed by atoms with van der Waals surface area (Å²) >= 11 is 0. The van der Waals surface area contributed by atoms with Crippen LogP contribution in [-0.2, 0) is 6.18 Å². The Bertz CT molecular complexity index is 438. The van der Waals surface area contributed by atoms with Crippen LogP contribution in [0.5, 0.6) is 0 Å². The molecule has 0 fully saturated rings. The molecule has 0 bridgehead atoms. The van der Waals surface area contributed by atoms with Crippen LogP contribution in [0.2, 0.25) is 0 Å². The van der Waals surface area contributed by atoms with Crippen molar-refractivity contribution >= 4 is 5.69 Å². The molecule has 0 aliphatic carbocycles. The summed E-state index contributed by atoms with van der Waals surface area (Å²) in [5.41, 5.74) is -3.79. The predicted octanol–water partition coefficient (Wildman–Crippen LogP) is 4.47. The molecule has 1 nitrogen and oxygen atoms in total. The van der Waals surface area contributed by atoms with Crippen molar-refractivity contribution in [3.05, 3.63) is 28.8 Å². The van der Waals surface area contributed by atoms with Gasteiger partial charge in [0.15, 0.2) is 23.3 Å². The third kappa shape index (κ3) is 3.10. The maximum Gasteiger partial charge on any atom is 0.422 e. The molecule has 1 aromatic rings. The minimum Gasteiger partial charge on any atom is -0.380 e. The van der Waals surface area contributed by atoms with E-state index in [-0.39, 0.29) is 6.54 Å².